The van der Waals surface area contributed by atoms with Crippen molar-refractivity contribution >= 4 is 11.9 Å². The van der Waals surface area contributed by atoms with Gasteiger partial charge in [-0.05, 0) is 18.6 Å². The molecule has 0 spiro atoms. The Hall–Kier alpha value is -2.28. The van der Waals surface area contributed by atoms with Gasteiger partial charge in [0.2, 0.25) is 0 Å². The highest BCUT2D eigenvalue weighted by atomic mass is 16.4. The van der Waals surface area contributed by atoms with E-state index in [1.165, 1.54) is 12.1 Å². The van der Waals surface area contributed by atoms with Crippen LogP contribution >= 0.6 is 0 Å². The van der Waals surface area contributed by atoms with Gasteiger partial charge in [0.05, 0.1) is 6.54 Å². The van der Waals surface area contributed by atoms with E-state index in [2.05, 4.69) is 0 Å². The fraction of sp³-hybridized carbons (Fsp3) is 0.429. The number of benzene rings is 1. The van der Waals surface area contributed by atoms with Crippen molar-refractivity contribution in [2.45, 2.75) is 6.42 Å². The summed E-state index contributed by atoms with van der Waals surface area (Å²) in [5.74, 6) is -1.49. The van der Waals surface area contributed by atoms with Gasteiger partial charge < -0.3 is 20.2 Å². The Morgan fingerprint density at radius 3 is 2.29 bits per heavy atom. The third kappa shape index (κ3) is 4.09. The predicted molar refractivity (Wildman–Crippen MR) is 74.4 cm³/mol. The van der Waals surface area contributed by atoms with Gasteiger partial charge in [-0.25, -0.2) is 0 Å². The number of carboxylic acids is 1. The van der Waals surface area contributed by atoms with Crippen LogP contribution < -0.4 is 0 Å². The van der Waals surface area contributed by atoms with Crippen molar-refractivity contribution in [3.05, 3.63) is 23.8 Å². The van der Waals surface area contributed by atoms with E-state index in [1.54, 1.807) is 9.80 Å². The summed E-state index contributed by atoms with van der Waals surface area (Å²) in [5.41, 5.74) is 0.221. The van der Waals surface area contributed by atoms with Crippen molar-refractivity contribution in [3.8, 4) is 11.5 Å². The van der Waals surface area contributed by atoms with Crippen LogP contribution in [-0.4, -0.2) is 69.7 Å². The van der Waals surface area contributed by atoms with Gasteiger partial charge in [0.15, 0.2) is 0 Å². The lowest BCUT2D eigenvalue weighted by Crippen LogP contribution is -2.36. The molecule has 1 aromatic carbocycles. The predicted octanol–water partition coefficient (Wildman–Crippen LogP) is 0.330. The average molecular weight is 294 g/mol. The van der Waals surface area contributed by atoms with Crippen molar-refractivity contribution in [3.63, 3.8) is 0 Å². The molecule has 114 valence electrons. The second-order valence-electron chi connectivity index (χ2n) is 5.05. The minimum Gasteiger partial charge on any atom is -0.508 e. The van der Waals surface area contributed by atoms with Crippen LogP contribution in [0, 0.1) is 0 Å². The summed E-state index contributed by atoms with van der Waals surface area (Å²) in [5, 5.41) is 27.7. The molecule has 1 amide bonds. The number of amides is 1. The number of rotatable bonds is 3. The van der Waals surface area contributed by atoms with Crippen molar-refractivity contribution in [2.24, 2.45) is 0 Å². The van der Waals surface area contributed by atoms with Gasteiger partial charge in [0.1, 0.15) is 11.5 Å². The first kappa shape index (κ1) is 15.1. The lowest BCUT2D eigenvalue weighted by molar-refractivity contribution is -0.138. The highest BCUT2D eigenvalue weighted by Crippen LogP contribution is 2.21. The Morgan fingerprint density at radius 2 is 1.67 bits per heavy atom. The second-order valence-corrected chi connectivity index (χ2v) is 5.05. The number of carbonyl (C=O) groups is 2. The molecular weight excluding hydrogens is 276 g/mol. The Morgan fingerprint density at radius 1 is 1.00 bits per heavy atom. The van der Waals surface area contributed by atoms with E-state index in [9.17, 15) is 19.8 Å². The third-order valence-corrected chi connectivity index (χ3v) is 3.38. The number of aliphatic carboxylic acids is 1. The summed E-state index contributed by atoms with van der Waals surface area (Å²) < 4.78 is 0. The molecule has 21 heavy (non-hydrogen) atoms. The van der Waals surface area contributed by atoms with E-state index in [4.69, 9.17) is 5.11 Å². The quantitative estimate of drug-likeness (QED) is 0.742. The Kier molecular flexibility index (Phi) is 4.64. The molecular formula is C14H18N2O5. The van der Waals surface area contributed by atoms with Crippen molar-refractivity contribution in [1.29, 1.82) is 0 Å². The maximum atomic E-state index is 12.4. The Balaban J connectivity index is 2.04. The SMILES string of the molecule is O=C(O)CN1CCCN(C(=O)c2cc(O)cc(O)c2)CC1. The van der Waals surface area contributed by atoms with Crippen molar-refractivity contribution < 1.29 is 24.9 Å². The number of carbonyl (C=O) groups excluding carboxylic acids is 1. The van der Waals surface area contributed by atoms with Crippen LogP contribution in [-0.2, 0) is 4.79 Å². The number of hydrogen-bond acceptors (Lipinski definition) is 5. The monoisotopic (exact) mass is 294 g/mol. The molecule has 7 heteroatoms. The van der Waals surface area contributed by atoms with Gasteiger partial charge in [-0.15, -0.1) is 0 Å². The fourth-order valence-electron chi connectivity index (χ4n) is 2.42. The van der Waals surface area contributed by atoms with E-state index < -0.39 is 5.97 Å². The lowest BCUT2D eigenvalue weighted by atomic mass is 10.1. The van der Waals surface area contributed by atoms with E-state index in [0.29, 0.717) is 32.6 Å². The molecule has 3 N–H and O–H groups in total. The first-order valence-electron chi connectivity index (χ1n) is 6.72. The molecule has 0 aliphatic carbocycles. The maximum absolute atomic E-state index is 12.4. The molecule has 2 rings (SSSR count). The summed E-state index contributed by atoms with van der Waals surface area (Å²) in [6, 6.07) is 3.78. The standard InChI is InChI=1S/C14H18N2O5/c17-11-6-10(7-12(18)8-11)14(21)16-3-1-2-15(4-5-16)9-13(19)20/h6-8,17-18H,1-5,9H2,(H,19,20). The molecule has 0 radical (unpaired) electrons. The molecule has 1 aromatic rings. The first-order chi connectivity index (χ1) is 9.95. The number of hydrogen-bond donors (Lipinski definition) is 3. The van der Waals surface area contributed by atoms with Gasteiger partial charge >= 0.3 is 5.97 Å². The minimum absolute atomic E-state index is 0.0328. The first-order valence-corrected chi connectivity index (χ1v) is 6.72. The molecule has 0 aromatic heterocycles. The van der Waals surface area contributed by atoms with E-state index >= 15 is 0 Å². The molecule has 7 nitrogen and oxygen atoms in total. The zero-order chi connectivity index (χ0) is 15.4. The number of phenolic OH excluding ortho intramolecular Hbond substituents is 2. The van der Waals surface area contributed by atoms with Crippen LogP contribution in [0.3, 0.4) is 0 Å². The van der Waals surface area contributed by atoms with Crippen LogP contribution in [0.15, 0.2) is 18.2 Å². The molecule has 0 saturated carbocycles. The average Bonchev–Trinajstić information content (AvgIpc) is 2.61. The van der Waals surface area contributed by atoms with Crippen LogP contribution in [0.2, 0.25) is 0 Å². The van der Waals surface area contributed by atoms with Crippen LogP contribution in [0.1, 0.15) is 16.8 Å². The van der Waals surface area contributed by atoms with E-state index in [1.807, 2.05) is 0 Å². The zero-order valence-electron chi connectivity index (χ0n) is 11.5. The summed E-state index contributed by atoms with van der Waals surface area (Å²) in [4.78, 5) is 26.5. The van der Waals surface area contributed by atoms with Crippen LogP contribution in [0.4, 0.5) is 0 Å². The molecule has 0 bridgehead atoms. The maximum Gasteiger partial charge on any atom is 0.317 e. The number of nitrogens with zero attached hydrogens (tertiary/aromatic N) is 2. The molecule has 1 aliphatic heterocycles. The molecule has 0 atom stereocenters. The van der Waals surface area contributed by atoms with Gasteiger partial charge in [0, 0.05) is 37.8 Å². The third-order valence-electron chi connectivity index (χ3n) is 3.38. The molecule has 1 saturated heterocycles. The van der Waals surface area contributed by atoms with E-state index in [0.717, 1.165) is 6.07 Å². The minimum atomic E-state index is -0.882. The van der Waals surface area contributed by atoms with Gasteiger partial charge in [-0.3, -0.25) is 14.5 Å². The largest absolute Gasteiger partial charge is 0.508 e. The normalized spacial score (nSPS) is 16.5. The number of carboxylic acid groups (broad SMARTS) is 1. The van der Waals surface area contributed by atoms with E-state index in [-0.39, 0.29) is 29.5 Å². The Labute approximate surface area is 122 Å². The van der Waals surface area contributed by atoms with Crippen molar-refractivity contribution in [1.82, 2.24) is 9.80 Å². The summed E-state index contributed by atoms with van der Waals surface area (Å²) in [7, 11) is 0. The topological polar surface area (TPSA) is 101 Å². The summed E-state index contributed by atoms with van der Waals surface area (Å²) in [6.07, 6.45) is 0.684. The lowest BCUT2D eigenvalue weighted by Gasteiger charge is -2.21. The number of aromatic hydroxyl groups is 2. The zero-order valence-corrected chi connectivity index (χ0v) is 11.5. The second kappa shape index (κ2) is 6.45. The number of phenols is 2. The molecule has 1 heterocycles. The van der Waals surface area contributed by atoms with Gasteiger partial charge in [-0.2, -0.15) is 0 Å². The fourth-order valence-corrected chi connectivity index (χ4v) is 2.42. The van der Waals surface area contributed by atoms with Gasteiger partial charge in [-0.1, -0.05) is 0 Å². The molecule has 1 aliphatic rings. The Bertz CT molecular complexity index is 526. The summed E-state index contributed by atoms with van der Waals surface area (Å²) in [6.45, 7) is 2.02. The van der Waals surface area contributed by atoms with Crippen LogP contribution in [0.25, 0.3) is 0 Å². The highest BCUT2D eigenvalue weighted by Gasteiger charge is 2.21. The molecule has 1 fully saturated rings. The summed E-state index contributed by atoms with van der Waals surface area (Å²) >= 11 is 0. The smallest absolute Gasteiger partial charge is 0.317 e. The highest BCUT2D eigenvalue weighted by molar-refractivity contribution is 5.95. The van der Waals surface area contributed by atoms with Crippen molar-refractivity contribution in [2.75, 3.05) is 32.7 Å². The van der Waals surface area contributed by atoms with Gasteiger partial charge in [0.25, 0.3) is 5.91 Å². The van der Waals surface area contributed by atoms with Crippen LogP contribution in [0.5, 0.6) is 11.5 Å². The molecule has 0 unspecified atom stereocenters.